The zero-order valence-electron chi connectivity index (χ0n) is 11.1. The number of rotatable bonds is 2. The molecule has 0 aromatic heterocycles. The molecule has 1 N–H and O–H groups in total. The number of nitrogens with zero attached hydrogens (tertiary/aromatic N) is 2. The van der Waals surface area contributed by atoms with Crippen molar-refractivity contribution in [1.82, 2.24) is 0 Å². The molecule has 0 radical (unpaired) electrons. The van der Waals surface area contributed by atoms with E-state index in [2.05, 4.69) is 10.3 Å². The van der Waals surface area contributed by atoms with Crippen molar-refractivity contribution in [1.29, 1.82) is 0 Å². The summed E-state index contributed by atoms with van der Waals surface area (Å²) in [5.41, 5.74) is 1.40. The smallest absolute Gasteiger partial charge is 0.244 e. The predicted octanol–water partition coefficient (Wildman–Crippen LogP) is 2.75. The quantitative estimate of drug-likeness (QED) is 0.912. The molecular formula is C13H14ClN3O2S. The summed E-state index contributed by atoms with van der Waals surface area (Å²) in [6.45, 7) is 3.58. The summed E-state index contributed by atoms with van der Waals surface area (Å²) in [4.78, 5) is 28.4. The number of carbonyl (C=O) groups excluding carboxylic acids is 2. The van der Waals surface area contributed by atoms with E-state index < -0.39 is 0 Å². The Morgan fingerprint density at radius 2 is 2.15 bits per heavy atom. The molecule has 5 nitrogen and oxygen atoms in total. The van der Waals surface area contributed by atoms with Gasteiger partial charge in [-0.05, 0) is 18.2 Å². The van der Waals surface area contributed by atoms with E-state index in [4.69, 9.17) is 11.6 Å². The van der Waals surface area contributed by atoms with Crippen molar-refractivity contribution in [2.24, 2.45) is 4.99 Å². The Morgan fingerprint density at radius 1 is 1.40 bits per heavy atom. The number of carbonyl (C=O) groups is 2. The van der Waals surface area contributed by atoms with Gasteiger partial charge in [0.05, 0.1) is 11.4 Å². The molecule has 0 saturated carbocycles. The number of benzene rings is 1. The van der Waals surface area contributed by atoms with Crippen LogP contribution in [0, 0.1) is 0 Å². The van der Waals surface area contributed by atoms with Crippen LogP contribution in [0.3, 0.4) is 0 Å². The molecule has 7 heteroatoms. The van der Waals surface area contributed by atoms with E-state index in [1.54, 1.807) is 12.1 Å². The van der Waals surface area contributed by atoms with Gasteiger partial charge in [-0.25, -0.2) is 0 Å². The third kappa shape index (κ3) is 3.52. The van der Waals surface area contributed by atoms with Gasteiger partial charge in [0.15, 0.2) is 5.17 Å². The Balaban J connectivity index is 2.41. The predicted molar refractivity (Wildman–Crippen MR) is 83.7 cm³/mol. The molecule has 1 aromatic rings. The van der Waals surface area contributed by atoms with Gasteiger partial charge in [-0.2, -0.15) is 4.99 Å². The van der Waals surface area contributed by atoms with Crippen LogP contribution in [0.25, 0.3) is 0 Å². The first kappa shape index (κ1) is 14.9. The number of amides is 2. The van der Waals surface area contributed by atoms with Crippen molar-refractivity contribution < 1.29 is 9.59 Å². The molecule has 0 bridgehead atoms. The molecule has 0 spiro atoms. The van der Waals surface area contributed by atoms with Gasteiger partial charge in [0.2, 0.25) is 11.8 Å². The molecule has 0 aliphatic carbocycles. The summed E-state index contributed by atoms with van der Waals surface area (Å²) in [6, 6.07) is 5.25. The second kappa shape index (κ2) is 6.28. The Labute approximate surface area is 126 Å². The summed E-state index contributed by atoms with van der Waals surface area (Å²) in [5.74, 6) is 0.425. The third-order valence-corrected chi connectivity index (χ3v) is 3.78. The van der Waals surface area contributed by atoms with Crippen LogP contribution in [0.1, 0.15) is 13.8 Å². The van der Waals surface area contributed by atoms with Crippen molar-refractivity contribution in [2.75, 3.05) is 22.5 Å². The highest BCUT2D eigenvalue weighted by atomic mass is 35.5. The fourth-order valence-corrected chi connectivity index (χ4v) is 3.05. The van der Waals surface area contributed by atoms with E-state index in [0.717, 1.165) is 18.0 Å². The number of thioether (sulfide) groups is 1. The zero-order valence-corrected chi connectivity index (χ0v) is 12.7. The molecule has 1 aliphatic heterocycles. The molecule has 1 aromatic carbocycles. The van der Waals surface area contributed by atoms with Gasteiger partial charge in [-0.3, -0.25) is 9.59 Å². The van der Waals surface area contributed by atoms with Crippen molar-refractivity contribution in [3.05, 3.63) is 23.2 Å². The van der Waals surface area contributed by atoms with Crippen LogP contribution in [-0.2, 0) is 9.59 Å². The third-order valence-electron chi connectivity index (χ3n) is 2.59. The maximum absolute atomic E-state index is 11.3. The van der Waals surface area contributed by atoms with Gasteiger partial charge in [-0.15, -0.1) is 0 Å². The first-order valence-corrected chi connectivity index (χ1v) is 7.40. The molecule has 2 amide bonds. The summed E-state index contributed by atoms with van der Waals surface area (Å²) in [7, 11) is 0. The molecule has 1 heterocycles. The van der Waals surface area contributed by atoms with Gasteiger partial charge < -0.3 is 10.2 Å². The summed E-state index contributed by atoms with van der Waals surface area (Å²) in [5, 5.41) is 3.93. The van der Waals surface area contributed by atoms with Crippen LogP contribution in [0.15, 0.2) is 23.2 Å². The highest BCUT2D eigenvalue weighted by molar-refractivity contribution is 8.14. The van der Waals surface area contributed by atoms with Crippen LogP contribution in [-0.4, -0.2) is 29.3 Å². The van der Waals surface area contributed by atoms with Crippen molar-refractivity contribution >= 4 is 51.7 Å². The van der Waals surface area contributed by atoms with Crippen molar-refractivity contribution in [3.8, 4) is 0 Å². The minimum absolute atomic E-state index is 0.176. The first-order valence-electron chi connectivity index (χ1n) is 6.04. The van der Waals surface area contributed by atoms with E-state index in [-0.39, 0.29) is 11.8 Å². The van der Waals surface area contributed by atoms with E-state index in [1.165, 1.54) is 25.6 Å². The van der Waals surface area contributed by atoms with E-state index >= 15 is 0 Å². The minimum atomic E-state index is -0.241. The average Bonchev–Trinajstić information content (AvgIpc) is 2.75. The van der Waals surface area contributed by atoms with E-state index in [1.807, 2.05) is 11.0 Å². The van der Waals surface area contributed by atoms with Crippen LogP contribution >= 0.6 is 23.4 Å². The number of hydrogen-bond acceptors (Lipinski definition) is 3. The maximum atomic E-state index is 11.3. The summed E-state index contributed by atoms with van der Waals surface area (Å²) in [6.07, 6.45) is 0. The molecular weight excluding hydrogens is 298 g/mol. The number of hydrogen-bond donors (Lipinski definition) is 1. The molecule has 2 rings (SSSR count). The standard InChI is InChI=1S/C13H14ClN3O2S/c1-8(18)15-11-7-10(14)3-4-12(11)17-5-6-20-13(17)16-9(2)19/h3-4,7H,5-6H2,1-2H3,(H,15,18). The van der Waals surface area contributed by atoms with Crippen LogP contribution in [0.2, 0.25) is 5.02 Å². The highest BCUT2D eigenvalue weighted by Gasteiger charge is 2.24. The number of anilines is 2. The lowest BCUT2D eigenvalue weighted by Crippen LogP contribution is -2.25. The lowest BCUT2D eigenvalue weighted by atomic mass is 10.2. The first-order chi connectivity index (χ1) is 9.47. The zero-order chi connectivity index (χ0) is 14.7. The maximum Gasteiger partial charge on any atom is 0.244 e. The Kier molecular flexibility index (Phi) is 4.67. The van der Waals surface area contributed by atoms with E-state index in [9.17, 15) is 9.59 Å². The molecule has 1 aliphatic rings. The molecule has 1 fully saturated rings. The SMILES string of the molecule is CC(=O)N=C1SCCN1c1ccc(Cl)cc1NC(C)=O. The summed E-state index contributed by atoms with van der Waals surface area (Å²) >= 11 is 7.48. The van der Waals surface area contributed by atoms with Crippen molar-refractivity contribution in [2.45, 2.75) is 13.8 Å². The molecule has 0 atom stereocenters. The molecule has 1 saturated heterocycles. The number of nitrogens with one attached hydrogen (secondary N) is 1. The highest BCUT2D eigenvalue weighted by Crippen LogP contribution is 2.34. The minimum Gasteiger partial charge on any atom is -0.324 e. The van der Waals surface area contributed by atoms with Gasteiger partial charge >= 0.3 is 0 Å². The van der Waals surface area contributed by atoms with Gasteiger partial charge in [0.25, 0.3) is 0 Å². The van der Waals surface area contributed by atoms with E-state index in [0.29, 0.717) is 15.9 Å². The van der Waals surface area contributed by atoms with Crippen LogP contribution in [0.4, 0.5) is 11.4 Å². The Hall–Kier alpha value is -1.53. The largest absolute Gasteiger partial charge is 0.324 e. The molecule has 20 heavy (non-hydrogen) atoms. The summed E-state index contributed by atoms with van der Waals surface area (Å²) < 4.78 is 0. The fourth-order valence-electron chi connectivity index (χ4n) is 1.89. The lowest BCUT2D eigenvalue weighted by molar-refractivity contribution is -0.116. The lowest BCUT2D eigenvalue weighted by Gasteiger charge is -2.21. The van der Waals surface area contributed by atoms with Gasteiger partial charge in [-0.1, -0.05) is 23.4 Å². The monoisotopic (exact) mass is 311 g/mol. The Bertz CT molecular complexity index is 589. The average molecular weight is 312 g/mol. The number of halogens is 1. The van der Waals surface area contributed by atoms with Crippen molar-refractivity contribution in [3.63, 3.8) is 0 Å². The normalized spacial score (nSPS) is 16.6. The molecule has 0 unspecified atom stereocenters. The second-order valence-corrected chi connectivity index (χ2v) is 5.75. The second-order valence-electron chi connectivity index (χ2n) is 4.26. The number of aliphatic imine (C=N–C) groups is 1. The van der Waals surface area contributed by atoms with Crippen LogP contribution < -0.4 is 10.2 Å². The number of amidine groups is 1. The molecule has 106 valence electrons. The van der Waals surface area contributed by atoms with Crippen LogP contribution in [0.5, 0.6) is 0 Å². The Morgan fingerprint density at radius 3 is 2.80 bits per heavy atom. The topological polar surface area (TPSA) is 61.8 Å². The van der Waals surface area contributed by atoms with Gasteiger partial charge in [0.1, 0.15) is 0 Å². The fraction of sp³-hybridized carbons (Fsp3) is 0.308. The van der Waals surface area contributed by atoms with Gasteiger partial charge in [0, 0.05) is 31.2 Å².